The highest BCUT2D eigenvalue weighted by Crippen LogP contribution is 2.26. The van der Waals surface area contributed by atoms with E-state index in [-0.39, 0.29) is 18.6 Å². The lowest BCUT2D eigenvalue weighted by molar-refractivity contribution is 0.0935. The summed E-state index contributed by atoms with van der Waals surface area (Å²) in [6.45, 7) is 3.71. The van der Waals surface area contributed by atoms with Crippen molar-refractivity contribution in [2.75, 3.05) is 0 Å². The van der Waals surface area contributed by atoms with Crippen LogP contribution in [0, 0.1) is 6.92 Å². The highest BCUT2D eigenvalue weighted by atomic mass is 32.1. The van der Waals surface area contributed by atoms with E-state index in [1.54, 1.807) is 43.6 Å². The molecular formula is C21H19N5O3S. The summed E-state index contributed by atoms with van der Waals surface area (Å²) in [4.78, 5) is 25.7. The molecule has 4 aromatic rings. The highest BCUT2D eigenvalue weighted by molar-refractivity contribution is 7.10. The minimum absolute atomic E-state index is 0.109. The number of carbonyl (C=O) groups is 1. The average molecular weight is 421 g/mol. The number of ether oxygens (including phenoxy) is 1. The Kier molecular flexibility index (Phi) is 5.80. The van der Waals surface area contributed by atoms with Gasteiger partial charge in [0.25, 0.3) is 5.91 Å². The number of hydrogen-bond acceptors (Lipinski definition) is 8. The number of thiazole rings is 1. The molecule has 1 N–H and O–H groups in total. The summed E-state index contributed by atoms with van der Waals surface area (Å²) in [6, 6.07) is 10.6. The number of rotatable bonds is 7. The molecule has 3 aromatic heterocycles. The van der Waals surface area contributed by atoms with Gasteiger partial charge < -0.3 is 14.6 Å². The van der Waals surface area contributed by atoms with Crippen molar-refractivity contribution in [3.63, 3.8) is 0 Å². The van der Waals surface area contributed by atoms with E-state index in [9.17, 15) is 4.79 Å². The van der Waals surface area contributed by atoms with Gasteiger partial charge in [-0.05, 0) is 31.2 Å². The van der Waals surface area contributed by atoms with Crippen LogP contribution in [-0.4, -0.2) is 26.0 Å². The first-order valence-corrected chi connectivity index (χ1v) is 10.2. The van der Waals surface area contributed by atoms with Crippen LogP contribution in [0.3, 0.4) is 0 Å². The van der Waals surface area contributed by atoms with Crippen molar-refractivity contribution in [2.45, 2.75) is 26.5 Å². The summed E-state index contributed by atoms with van der Waals surface area (Å²) >= 11 is 1.49. The van der Waals surface area contributed by atoms with Gasteiger partial charge in [0.15, 0.2) is 6.61 Å². The summed E-state index contributed by atoms with van der Waals surface area (Å²) in [5, 5.41) is 9.55. The second kappa shape index (κ2) is 8.83. The van der Waals surface area contributed by atoms with E-state index in [0.29, 0.717) is 23.0 Å². The van der Waals surface area contributed by atoms with Crippen LogP contribution < -0.4 is 10.1 Å². The summed E-state index contributed by atoms with van der Waals surface area (Å²) in [5.41, 5.74) is 2.20. The van der Waals surface area contributed by atoms with Gasteiger partial charge in [-0.15, -0.1) is 11.3 Å². The number of pyridine rings is 1. The van der Waals surface area contributed by atoms with Crippen molar-refractivity contribution < 1.29 is 14.1 Å². The Hall–Kier alpha value is -3.59. The summed E-state index contributed by atoms with van der Waals surface area (Å²) < 4.78 is 10.7. The van der Waals surface area contributed by atoms with Crippen LogP contribution in [0.1, 0.15) is 40.0 Å². The van der Waals surface area contributed by atoms with Crippen molar-refractivity contribution in [1.29, 1.82) is 0 Å². The van der Waals surface area contributed by atoms with E-state index in [1.165, 1.54) is 11.3 Å². The SMILES string of the molecule is Cc1nc(COc2ccccc2C(=O)NC(C)c2nc(-c3cccnc3)cs2)no1. The molecule has 1 atom stereocenters. The van der Waals surface area contributed by atoms with Crippen LogP contribution in [0.15, 0.2) is 58.7 Å². The molecule has 1 amide bonds. The zero-order valence-electron chi connectivity index (χ0n) is 16.4. The molecule has 0 aliphatic carbocycles. The molecule has 4 rings (SSSR count). The quantitative estimate of drug-likeness (QED) is 0.482. The van der Waals surface area contributed by atoms with E-state index in [1.807, 2.05) is 24.4 Å². The van der Waals surface area contributed by atoms with Gasteiger partial charge in [-0.1, -0.05) is 17.3 Å². The third-order valence-corrected chi connectivity index (χ3v) is 5.28. The zero-order valence-corrected chi connectivity index (χ0v) is 17.2. The first-order valence-electron chi connectivity index (χ1n) is 9.28. The molecule has 152 valence electrons. The normalized spacial score (nSPS) is 11.8. The Labute approximate surface area is 177 Å². The van der Waals surface area contributed by atoms with Gasteiger partial charge in [-0.2, -0.15) is 4.98 Å². The molecule has 30 heavy (non-hydrogen) atoms. The number of aromatic nitrogens is 4. The van der Waals surface area contributed by atoms with Crippen molar-refractivity contribution in [3.8, 4) is 17.0 Å². The van der Waals surface area contributed by atoms with Crippen LogP contribution in [-0.2, 0) is 6.61 Å². The number of nitrogens with one attached hydrogen (secondary N) is 1. The van der Waals surface area contributed by atoms with Gasteiger partial charge in [0.2, 0.25) is 11.7 Å². The largest absolute Gasteiger partial charge is 0.485 e. The topological polar surface area (TPSA) is 103 Å². The lowest BCUT2D eigenvalue weighted by Crippen LogP contribution is -2.27. The first-order chi connectivity index (χ1) is 14.6. The Morgan fingerprint density at radius 1 is 1.23 bits per heavy atom. The van der Waals surface area contributed by atoms with Gasteiger partial charge in [0.05, 0.1) is 17.3 Å². The van der Waals surface area contributed by atoms with Crippen LogP contribution in [0.25, 0.3) is 11.3 Å². The zero-order chi connectivity index (χ0) is 20.9. The predicted molar refractivity (Wildman–Crippen MR) is 111 cm³/mol. The number of aryl methyl sites for hydroxylation is 1. The van der Waals surface area contributed by atoms with Crippen molar-refractivity contribution in [1.82, 2.24) is 25.4 Å². The minimum atomic E-state index is -0.263. The molecule has 0 saturated carbocycles. The molecule has 0 aliphatic rings. The van der Waals surface area contributed by atoms with Gasteiger partial charge >= 0.3 is 0 Å². The molecule has 8 nitrogen and oxygen atoms in total. The number of benzene rings is 1. The molecule has 0 spiro atoms. The maximum absolute atomic E-state index is 12.9. The first kappa shape index (κ1) is 19.7. The Morgan fingerprint density at radius 3 is 2.87 bits per heavy atom. The lowest BCUT2D eigenvalue weighted by Gasteiger charge is -2.14. The second-order valence-electron chi connectivity index (χ2n) is 6.52. The third-order valence-electron chi connectivity index (χ3n) is 4.26. The standard InChI is InChI=1S/C21H19N5O3S/c1-13(21-25-17(12-30-21)15-6-5-9-22-10-15)23-20(27)16-7-3-4-8-18(16)28-11-19-24-14(2)29-26-19/h3-10,12-13H,11H2,1-2H3,(H,23,27). The fourth-order valence-corrected chi connectivity index (χ4v) is 3.63. The Bertz CT molecular complexity index is 1140. The highest BCUT2D eigenvalue weighted by Gasteiger charge is 2.18. The number of hydrogen-bond donors (Lipinski definition) is 1. The monoisotopic (exact) mass is 421 g/mol. The van der Waals surface area contributed by atoms with Crippen LogP contribution in [0.4, 0.5) is 0 Å². The van der Waals surface area contributed by atoms with Crippen LogP contribution in [0.2, 0.25) is 0 Å². The molecule has 1 aromatic carbocycles. The van der Waals surface area contributed by atoms with Crippen molar-refractivity contribution in [3.05, 3.63) is 76.5 Å². The van der Waals surface area contributed by atoms with E-state index in [2.05, 4.69) is 25.4 Å². The molecule has 1 unspecified atom stereocenters. The van der Waals surface area contributed by atoms with Gasteiger partial charge in [0.1, 0.15) is 10.8 Å². The van der Waals surface area contributed by atoms with Crippen molar-refractivity contribution in [2.24, 2.45) is 0 Å². The Morgan fingerprint density at radius 2 is 2.10 bits per heavy atom. The number of carbonyl (C=O) groups excluding carboxylic acids is 1. The number of nitrogens with zero attached hydrogens (tertiary/aromatic N) is 4. The average Bonchev–Trinajstić information content (AvgIpc) is 3.42. The molecule has 0 bridgehead atoms. The van der Waals surface area contributed by atoms with Gasteiger partial charge in [-0.25, -0.2) is 4.98 Å². The predicted octanol–water partition coefficient (Wildman–Crippen LogP) is 3.97. The molecule has 0 fully saturated rings. The van der Waals surface area contributed by atoms with Crippen LogP contribution in [0.5, 0.6) is 5.75 Å². The molecular weight excluding hydrogens is 402 g/mol. The molecule has 0 saturated heterocycles. The number of para-hydroxylation sites is 1. The minimum Gasteiger partial charge on any atom is -0.485 e. The Balaban J connectivity index is 1.44. The summed E-state index contributed by atoms with van der Waals surface area (Å²) in [5.74, 6) is 1.07. The van der Waals surface area contributed by atoms with Crippen LogP contribution >= 0.6 is 11.3 Å². The van der Waals surface area contributed by atoms with E-state index >= 15 is 0 Å². The van der Waals surface area contributed by atoms with E-state index < -0.39 is 0 Å². The fraction of sp³-hybridized carbons (Fsp3) is 0.190. The maximum atomic E-state index is 12.9. The van der Waals surface area contributed by atoms with Crippen molar-refractivity contribution >= 4 is 17.2 Å². The number of amides is 1. The van der Waals surface area contributed by atoms with E-state index in [0.717, 1.165) is 16.3 Å². The fourth-order valence-electron chi connectivity index (χ4n) is 2.79. The summed E-state index contributed by atoms with van der Waals surface area (Å²) in [7, 11) is 0. The lowest BCUT2D eigenvalue weighted by atomic mass is 10.1. The molecule has 9 heteroatoms. The summed E-state index contributed by atoms with van der Waals surface area (Å²) in [6.07, 6.45) is 3.49. The van der Waals surface area contributed by atoms with E-state index in [4.69, 9.17) is 9.26 Å². The molecule has 0 radical (unpaired) electrons. The van der Waals surface area contributed by atoms with Gasteiger partial charge in [-0.3, -0.25) is 9.78 Å². The molecule has 3 heterocycles. The van der Waals surface area contributed by atoms with Gasteiger partial charge in [0, 0.05) is 30.3 Å². The third kappa shape index (κ3) is 4.52. The smallest absolute Gasteiger partial charge is 0.255 e. The maximum Gasteiger partial charge on any atom is 0.255 e. The molecule has 0 aliphatic heterocycles. The second-order valence-corrected chi connectivity index (χ2v) is 7.41.